The van der Waals surface area contributed by atoms with Crippen LogP contribution < -0.4 is 5.32 Å². The predicted molar refractivity (Wildman–Crippen MR) is 126 cm³/mol. The average molecular weight is 448 g/mol. The largest absolute Gasteiger partial charge is 0.462 e. The highest BCUT2D eigenvalue weighted by molar-refractivity contribution is 8.14. The molecule has 0 bridgehead atoms. The number of amidine groups is 1. The van der Waals surface area contributed by atoms with Gasteiger partial charge in [0.1, 0.15) is 0 Å². The molecule has 1 heterocycles. The molecular formula is C21H22ClN3O2S2. The standard InChI is InChI=1S/C21H22ClN3O2S2/c1-3-18-13-29-21(24-17-11-7-15(22)8-12-17)25(18)20(28)23-16-9-5-14(6-10-16)19(26)27-4-2/h5-12,18H,3-4,13H2,1-2H3,(H,23,28)/t18-/m0/s1. The Kier molecular flexibility index (Phi) is 7.52. The lowest BCUT2D eigenvalue weighted by atomic mass is 10.2. The number of carbonyl (C=O) groups is 1. The van der Waals surface area contributed by atoms with Gasteiger partial charge in [0, 0.05) is 22.5 Å². The van der Waals surface area contributed by atoms with Crippen molar-refractivity contribution in [1.82, 2.24) is 4.90 Å². The Labute approximate surface area is 185 Å². The Hall–Kier alpha value is -2.09. The quantitative estimate of drug-likeness (QED) is 0.466. The van der Waals surface area contributed by atoms with Gasteiger partial charge in [-0.15, -0.1) is 0 Å². The number of ether oxygens (including phenoxy) is 1. The number of halogens is 1. The van der Waals surface area contributed by atoms with Crippen LogP contribution >= 0.6 is 35.6 Å². The molecule has 0 radical (unpaired) electrons. The van der Waals surface area contributed by atoms with Crippen LogP contribution in [0, 0.1) is 0 Å². The molecule has 0 aromatic heterocycles. The first-order valence-electron chi connectivity index (χ1n) is 9.36. The van der Waals surface area contributed by atoms with Gasteiger partial charge in [0.15, 0.2) is 10.3 Å². The molecule has 5 nitrogen and oxygen atoms in total. The summed E-state index contributed by atoms with van der Waals surface area (Å²) in [5.74, 6) is 0.591. The monoisotopic (exact) mass is 447 g/mol. The van der Waals surface area contributed by atoms with Crippen LogP contribution in [0.15, 0.2) is 53.5 Å². The van der Waals surface area contributed by atoms with Gasteiger partial charge in [-0.25, -0.2) is 9.79 Å². The third-order valence-corrected chi connectivity index (χ3v) is 6.01. The number of aliphatic imine (C=N–C) groups is 1. The van der Waals surface area contributed by atoms with Crippen molar-refractivity contribution in [3.63, 3.8) is 0 Å². The molecule has 2 aromatic rings. The van der Waals surface area contributed by atoms with Crippen molar-refractivity contribution in [2.75, 3.05) is 17.7 Å². The lowest BCUT2D eigenvalue weighted by molar-refractivity contribution is 0.0526. The van der Waals surface area contributed by atoms with Crippen LogP contribution in [0.4, 0.5) is 11.4 Å². The van der Waals surface area contributed by atoms with E-state index in [1.54, 1.807) is 30.8 Å². The first kappa shape index (κ1) is 21.6. The maximum atomic E-state index is 11.8. The molecule has 1 N–H and O–H groups in total. The van der Waals surface area contributed by atoms with E-state index >= 15 is 0 Å². The average Bonchev–Trinajstić information content (AvgIpc) is 3.13. The van der Waals surface area contributed by atoms with E-state index < -0.39 is 0 Å². The summed E-state index contributed by atoms with van der Waals surface area (Å²) in [6.45, 7) is 4.28. The normalized spacial score (nSPS) is 17.4. The molecule has 3 rings (SSSR count). The molecule has 2 aromatic carbocycles. The summed E-state index contributed by atoms with van der Waals surface area (Å²) in [7, 11) is 0. The topological polar surface area (TPSA) is 53.9 Å². The second-order valence-corrected chi connectivity index (χ2v) is 8.15. The van der Waals surface area contributed by atoms with Crippen LogP contribution in [0.25, 0.3) is 0 Å². The Morgan fingerprint density at radius 3 is 2.55 bits per heavy atom. The van der Waals surface area contributed by atoms with Crippen LogP contribution in [0.2, 0.25) is 5.02 Å². The van der Waals surface area contributed by atoms with Crippen molar-refractivity contribution >= 4 is 63.2 Å². The van der Waals surface area contributed by atoms with Gasteiger partial charge in [-0.3, -0.25) is 4.90 Å². The Bertz CT molecular complexity index is 901. The number of thioether (sulfide) groups is 1. The smallest absolute Gasteiger partial charge is 0.338 e. The molecule has 29 heavy (non-hydrogen) atoms. The van der Waals surface area contributed by atoms with Gasteiger partial charge < -0.3 is 10.1 Å². The molecule has 1 fully saturated rings. The van der Waals surface area contributed by atoms with E-state index in [2.05, 4.69) is 17.1 Å². The highest BCUT2D eigenvalue weighted by Crippen LogP contribution is 2.30. The van der Waals surface area contributed by atoms with Crippen molar-refractivity contribution in [2.24, 2.45) is 4.99 Å². The maximum Gasteiger partial charge on any atom is 0.338 e. The van der Waals surface area contributed by atoms with Gasteiger partial charge in [-0.2, -0.15) is 0 Å². The number of hydrogen-bond acceptors (Lipinski definition) is 5. The van der Waals surface area contributed by atoms with Crippen LogP contribution in [-0.4, -0.2) is 39.6 Å². The number of esters is 1. The minimum absolute atomic E-state index is 0.268. The van der Waals surface area contributed by atoms with Crippen molar-refractivity contribution < 1.29 is 9.53 Å². The molecule has 1 saturated heterocycles. The minimum Gasteiger partial charge on any atom is -0.462 e. The summed E-state index contributed by atoms with van der Waals surface area (Å²) in [6, 6.07) is 14.8. The van der Waals surface area contributed by atoms with E-state index in [0.29, 0.717) is 22.3 Å². The fraction of sp³-hybridized carbons (Fsp3) is 0.286. The van der Waals surface area contributed by atoms with E-state index in [-0.39, 0.29) is 12.0 Å². The lowest BCUT2D eigenvalue weighted by Crippen LogP contribution is -2.41. The number of nitrogens with one attached hydrogen (secondary N) is 1. The molecule has 1 aliphatic heterocycles. The summed E-state index contributed by atoms with van der Waals surface area (Å²) in [4.78, 5) is 18.6. The van der Waals surface area contributed by atoms with Crippen LogP contribution in [-0.2, 0) is 4.74 Å². The predicted octanol–water partition coefficient (Wildman–Crippen LogP) is 5.73. The van der Waals surface area contributed by atoms with E-state index in [9.17, 15) is 4.79 Å². The fourth-order valence-corrected chi connectivity index (χ4v) is 4.64. The third-order valence-electron chi connectivity index (χ3n) is 4.36. The molecule has 0 spiro atoms. The van der Waals surface area contributed by atoms with Gasteiger partial charge in [-0.05, 0) is 74.1 Å². The maximum absolute atomic E-state index is 11.8. The zero-order chi connectivity index (χ0) is 20.8. The Morgan fingerprint density at radius 1 is 1.24 bits per heavy atom. The van der Waals surface area contributed by atoms with Gasteiger partial charge in [-0.1, -0.05) is 30.3 Å². The molecule has 0 saturated carbocycles. The summed E-state index contributed by atoms with van der Waals surface area (Å²) in [5, 5.41) is 5.38. The number of hydrogen-bond donors (Lipinski definition) is 1. The van der Waals surface area contributed by atoms with Crippen molar-refractivity contribution in [1.29, 1.82) is 0 Å². The first-order valence-corrected chi connectivity index (χ1v) is 11.1. The first-order chi connectivity index (χ1) is 14.0. The number of nitrogens with zero attached hydrogens (tertiary/aromatic N) is 2. The second kappa shape index (κ2) is 10.1. The number of benzene rings is 2. The molecular weight excluding hydrogens is 426 g/mol. The van der Waals surface area contributed by atoms with Gasteiger partial charge >= 0.3 is 5.97 Å². The van der Waals surface area contributed by atoms with Crippen LogP contribution in [0.5, 0.6) is 0 Å². The second-order valence-electron chi connectivity index (χ2n) is 6.34. The third kappa shape index (κ3) is 5.50. The minimum atomic E-state index is -0.332. The Morgan fingerprint density at radius 2 is 1.93 bits per heavy atom. The summed E-state index contributed by atoms with van der Waals surface area (Å²) >= 11 is 13.3. The van der Waals surface area contributed by atoms with E-state index in [4.69, 9.17) is 33.5 Å². The lowest BCUT2D eigenvalue weighted by Gasteiger charge is -2.26. The van der Waals surface area contributed by atoms with Crippen molar-refractivity contribution in [3.05, 3.63) is 59.1 Å². The Balaban J connectivity index is 1.76. The molecule has 152 valence electrons. The van der Waals surface area contributed by atoms with E-state index in [1.165, 1.54) is 0 Å². The number of rotatable bonds is 5. The molecule has 1 atom stereocenters. The van der Waals surface area contributed by atoms with Crippen LogP contribution in [0.3, 0.4) is 0 Å². The summed E-state index contributed by atoms with van der Waals surface area (Å²) in [5.41, 5.74) is 2.15. The SMILES string of the molecule is CCOC(=O)c1ccc(NC(=S)N2C(=Nc3ccc(Cl)cc3)SC[C@@H]2CC)cc1. The number of anilines is 1. The molecule has 0 aliphatic carbocycles. The fourth-order valence-electron chi connectivity index (χ4n) is 2.82. The van der Waals surface area contributed by atoms with E-state index in [1.807, 2.05) is 36.4 Å². The number of carbonyl (C=O) groups excluding carboxylic acids is 1. The zero-order valence-electron chi connectivity index (χ0n) is 16.2. The summed E-state index contributed by atoms with van der Waals surface area (Å²) < 4.78 is 5.02. The van der Waals surface area contributed by atoms with Gasteiger partial charge in [0.05, 0.1) is 17.9 Å². The number of thiocarbonyl (C=S) groups is 1. The highest BCUT2D eigenvalue weighted by Gasteiger charge is 2.32. The zero-order valence-corrected chi connectivity index (χ0v) is 18.6. The molecule has 1 aliphatic rings. The van der Waals surface area contributed by atoms with Crippen molar-refractivity contribution in [2.45, 2.75) is 26.3 Å². The molecule has 8 heteroatoms. The highest BCUT2D eigenvalue weighted by atomic mass is 35.5. The van der Waals surface area contributed by atoms with Crippen LogP contribution in [0.1, 0.15) is 30.6 Å². The van der Waals surface area contributed by atoms with E-state index in [0.717, 1.165) is 28.7 Å². The molecule has 0 unspecified atom stereocenters. The molecule has 0 amide bonds. The van der Waals surface area contributed by atoms with Crippen molar-refractivity contribution in [3.8, 4) is 0 Å². The van der Waals surface area contributed by atoms with Gasteiger partial charge in [0.25, 0.3) is 0 Å². The van der Waals surface area contributed by atoms with Gasteiger partial charge in [0.2, 0.25) is 0 Å². The summed E-state index contributed by atoms with van der Waals surface area (Å²) in [6.07, 6.45) is 0.955.